The fraction of sp³-hybridized carbons (Fsp3) is 0.263. The van der Waals surface area contributed by atoms with Crippen molar-refractivity contribution in [1.82, 2.24) is 14.8 Å². The zero-order valence-electron chi connectivity index (χ0n) is 14.9. The summed E-state index contributed by atoms with van der Waals surface area (Å²) in [5.74, 6) is -3.79. The summed E-state index contributed by atoms with van der Waals surface area (Å²) in [5, 5.41) is 17.2. The second-order valence-electron chi connectivity index (χ2n) is 6.23. The summed E-state index contributed by atoms with van der Waals surface area (Å²) < 4.78 is 41.6. The zero-order chi connectivity index (χ0) is 19.6. The van der Waals surface area contributed by atoms with E-state index in [4.69, 9.17) is 0 Å². The number of aryl methyl sites for hydroxylation is 1. The lowest BCUT2D eigenvalue weighted by Crippen LogP contribution is -2.12. The first-order valence-corrected chi connectivity index (χ1v) is 8.49. The van der Waals surface area contributed by atoms with E-state index in [1.54, 1.807) is 23.0 Å². The first-order valence-electron chi connectivity index (χ1n) is 8.49. The van der Waals surface area contributed by atoms with E-state index in [2.05, 4.69) is 15.4 Å². The number of anilines is 2. The van der Waals surface area contributed by atoms with Crippen molar-refractivity contribution < 1.29 is 18.3 Å². The maximum atomic E-state index is 13.4. The Morgan fingerprint density at radius 2 is 1.85 bits per heavy atom. The van der Waals surface area contributed by atoms with Crippen LogP contribution in [0.25, 0.3) is 5.69 Å². The van der Waals surface area contributed by atoms with Crippen LogP contribution in [-0.4, -0.2) is 26.0 Å². The number of hydrogen-bond acceptors (Lipinski definition) is 4. The Kier molecular flexibility index (Phi) is 5.46. The van der Waals surface area contributed by atoms with Crippen molar-refractivity contribution >= 4 is 11.5 Å². The van der Waals surface area contributed by atoms with Crippen molar-refractivity contribution in [3.05, 3.63) is 65.4 Å². The SMILES string of the molecule is CC[C@H](O)Cc1cc(Nc2cc(F)c(F)c(F)c2)nn1-c1ccnc(C)c1. The second kappa shape index (κ2) is 7.79. The van der Waals surface area contributed by atoms with E-state index in [0.29, 0.717) is 24.4 Å². The lowest BCUT2D eigenvalue weighted by Gasteiger charge is -2.10. The number of pyridine rings is 1. The van der Waals surface area contributed by atoms with Crippen LogP contribution in [0.1, 0.15) is 24.7 Å². The monoisotopic (exact) mass is 376 g/mol. The zero-order valence-corrected chi connectivity index (χ0v) is 14.9. The van der Waals surface area contributed by atoms with Crippen molar-refractivity contribution in [2.45, 2.75) is 32.8 Å². The van der Waals surface area contributed by atoms with Crippen molar-refractivity contribution in [2.75, 3.05) is 5.32 Å². The minimum absolute atomic E-state index is 0.0320. The number of nitrogens with one attached hydrogen (secondary N) is 1. The van der Waals surface area contributed by atoms with Crippen LogP contribution in [-0.2, 0) is 6.42 Å². The molecule has 0 amide bonds. The van der Waals surface area contributed by atoms with Gasteiger partial charge in [-0.05, 0) is 25.5 Å². The Balaban J connectivity index is 1.98. The molecule has 0 bridgehead atoms. The largest absolute Gasteiger partial charge is 0.393 e. The van der Waals surface area contributed by atoms with Gasteiger partial charge in [-0.2, -0.15) is 0 Å². The molecule has 8 heteroatoms. The second-order valence-corrected chi connectivity index (χ2v) is 6.23. The van der Waals surface area contributed by atoms with E-state index in [-0.39, 0.29) is 5.69 Å². The molecule has 0 aliphatic heterocycles. The van der Waals surface area contributed by atoms with Gasteiger partial charge in [0.1, 0.15) is 0 Å². The van der Waals surface area contributed by atoms with Gasteiger partial charge in [0.05, 0.1) is 11.8 Å². The quantitative estimate of drug-likeness (QED) is 0.637. The molecule has 2 aromatic heterocycles. The van der Waals surface area contributed by atoms with Gasteiger partial charge in [-0.3, -0.25) is 4.98 Å². The molecule has 1 atom stereocenters. The fourth-order valence-corrected chi connectivity index (χ4v) is 2.67. The number of halogens is 3. The van der Waals surface area contributed by atoms with Gasteiger partial charge in [-0.15, -0.1) is 5.10 Å². The molecule has 0 unspecified atom stereocenters. The van der Waals surface area contributed by atoms with Crippen LogP contribution in [0, 0.1) is 24.4 Å². The summed E-state index contributed by atoms with van der Waals surface area (Å²) in [5.41, 5.74) is 2.28. The molecule has 0 aliphatic carbocycles. The molecule has 0 fully saturated rings. The highest BCUT2D eigenvalue weighted by atomic mass is 19.2. The van der Waals surface area contributed by atoms with Crippen LogP contribution in [0.4, 0.5) is 24.7 Å². The molecule has 0 spiro atoms. The molecule has 2 heterocycles. The minimum atomic E-state index is -1.52. The molecule has 0 saturated carbocycles. The van der Waals surface area contributed by atoms with Crippen LogP contribution < -0.4 is 5.32 Å². The molecule has 2 N–H and O–H groups in total. The average molecular weight is 376 g/mol. The smallest absolute Gasteiger partial charge is 0.194 e. The summed E-state index contributed by atoms with van der Waals surface area (Å²) >= 11 is 0. The maximum absolute atomic E-state index is 13.4. The number of rotatable bonds is 6. The number of aliphatic hydroxyl groups excluding tert-OH is 1. The molecule has 3 rings (SSSR count). The summed E-state index contributed by atoms with van der Waals surface area (Å²) in [6.07, 6.45) is 2.00. The number of aromatic nitrogens is 3. The van der Waals surface area contributed by atoms with Gasteiger partial charge in [0.2, 0.25) is 0 Å². The van der Waals surface area contributed by atoms with Gasteiger partial charge >= 0.3 is 0 Å². The Morgan fingerprint density at radius 3 is 2.48 bits per heavy atom. The summed E-state index contributed by atoms with van der Waals surface area (Å²) in [6.45, 7) is 3.71. The predicted octanol–water partition coefficient (Wildman–Crippen LogP) is 4.05. The topological polar surface area (TPSA) is 63.0 Å². The summed E-state index contributed by atoms with van der Waals surface area (Å²) in [6, 6.07) is 6.98. The highest BCUT2D eigenvalue weighted by Gasteiger charge is 2.15. The van der Waals surface area contributed by atoms with Crippen molar-refractivity contribution in [2.24, 2.45) is 0 Å². The van der Waals surface area contributed by atoms with E-state index in [9.17, 15) is 18.3 Å². The van der Waals surface area contributed by atoms with Crippen LogP contribution in [0.15, 0.2) is 36.5 Å². The van der Waals surface area contributed by atoms with Gasteiger partial charge in [0.15, 0.2) is 23.3 Å². The van der Waals surface area contributed by atoms with Gasteiger partial charge in [-0.1, -0.05) is 6.92 Å². The van der Waals surface area contributed by atoms with Crippen LogP contribution in [0.2, 0.25) is 0 Å². The normalized spacial score (nSPS) is 12.2. The lowest BCUT2D eigenvalue weighted by molar-refractivity contribution is 0.169. The first kappa shape index (κ1) is 18.9. The molecule has 0 radical (unpaired) electrons. The third-order valence-electron chi connectivity index (χ3n) is 4.08. The molecule has 3 aromatic rings. The summed E-state index contributed by atoms with van der Waals surface area (Å²) in [7, 11) is 0. The Morgan fingerprint density at radius 1 is 1.15 bits per heavy atom. The average Bonchev–Trinajstić information content (AvgIpc) is 3.01. The highest BCUT2D eigenvalue weighted by Crippen LogP contribution is 2.24. The molecule has 0 saturated heterocycles. The Labute approximate surface area is 154 Å². The van der Waals surface area contributed by atoms with E-state index in [1.807, 2.05) is 19.9 Å². The third kappa shape index (κ3) is 4.28. The van der Waals surface area contributed by atoms with E-state index in [1.165, 1.54) is 0 Å². The molecule has 142 valence electrons. The molecule has 0 aliphatic rings. The number of hydrogen-bond donors (Lipinski definition) is 2. The molecule has 1 aromatic carbocycles. The van der Waals surface area contributed by atoms with Crippen molar-refractivity contribution in [1.29, 1.82) is 0 Å². The van der Waals surface area contributed by atoms with E-state index in [0.717, 1.165) is 23.5 Å². The molecule has 27 heavy (non-hydrogen) atoms. The molecular formula is C19H19F3N4O. The van der Waals surface area contributed by atoms with Gasteiger partial charge < -0.3 is 10.4 Å². The van der Waals surface area contributed by atoms with Crippen LogP contribution >= 0.6 is 0 Å². The predicted molar refractivity (Wildman–Crippen MR) is 95.7 cm³/mol. The van der Waals surface area contributed by atoms with Crippen molar-refractivity contribution in [3.63, 3.8) is 0 Å². The lowest BCUT2D eigenvalue weighted by atomic mass is 10.1. The van der Waals surface area contributed by atoms with Crippen LogP contribution in [0.3, 0.4) is 0 Å². The highest BCUT2D eigenvalue weighted by molar-refractivity contribution is 5.57. The fourth-order valence-electron chi connectivity index (χ4n) is 2.67. The minimum Gasteiger partial charge on any atom is -0.393 e. The van der Waals surface area contributed by atoms with Crippen LogP contribution in [0.5, 0.6) is 0 Å². The molecule has 5 nitrogen and oxygen atoms in total. The molecular weight excluding hydrogens is 357 g/mol. The number of benzene rings is 1. The van der Waals surface area contributed by atoms with Gasteiger partial charge in [-0.25, -0.2) is 17.9 Å². The maximum Gasteiger partial charge on any atom is 0.194 e. The van der Waals surface area contributed by atoms with Gasteiger partial charge in [0.25, 0.3) is 0 Å². The van der Waals surface area contributed by atoms with E-state index < -0.39 is 23.6 Å². The van der Waals surface area contributed by atoms with Crippen molar-refractivity contribution in [3.8, 4) is 5.69 Å². The van der Waals surface area contributed by atoms with E-state index >= 15 is 0 Å². The third-order valence-corrected chi connectivity index (χ3v) is 4.08. The summed E-state index contributed by atoms with van der Waals surface area (Å²) in [4.78, 5) is 4.15. The standard InChI is InChI=1S/C19H19F3N4O/c1-3-15(27)9-14-10-18(24-12-7-16(20)19(22)17(21)8-12)25-26(14)13-4-5-23-11(2)6-13/h4-8,10,15,27H,3,9H2,1-2H3,(H,24,25)/t15-/m0/s1. The Bertz CT molecular complexity index is 935. The first-order chi connectivity index (χ1) is 12.9. The van der Waals surface area contributed by atoms with Gasteiger partial charge in [0, 0.05) is 47.9 Å². The Hall–Kier alpha value is -2.87. The number of aliphatic hydroxyl groups is 1. The number of nitrogens with zero attached hydrogens (tertiary/aromatic N) is 3.